The molecular formula is C25H27FN4O3. The first kappa shape index (κ1) is 22.5. The van der Waals surface area contributed by atoms with Crippen molar-refractivity contribution in [3.63, 3.8) is 0 Å². The number of carbonyl (C=O) groups excluding carboxylic acids is 2. The summed E-state index contributed by atoms with van der Waals surface area (Å²) in [7, 11) is 1.58. The average molecular weight is 451 g/mol. The van der Waals surface area contributed by atoms with Gasteiger partial charge in [0.15, 0.2) is 0 Å². The van der Waals surface area contributed by atoms with Gasteiger partial charge in [-0.15, -0.1) is 0 Å². The van der Waals surface area contributed by atoms with Gasteiger partial charge in [0, 0.05) is 36.1 Å². The van der Waals surface area contributed by atoms with Gasteiger partial charge in [0.1, 0.15) is 24.7 Å². The number of hydrogen-bond donors (Lipinski definition) is 0. The Balaban J connectivity index is 1.46. The van der Waals surface area contributed by atoms with Gasteiger partial charge in [-0.3, -0.25) is 14.3 Å². The lowest BCUT2D eigenvalue weighted by Crippen LogP contribution is -2.53. The van der Waals surface area contributed by atoms with Crippen molar-refractivity contribution in [1.82, 2.24) is 14.7 Å². The Morgan fingerprint density at radius 3 is 2.67 bits per heavy atom. The molecule has 33 heavy (non-hydrogen) atoms. The van der Waals surface area contributed by atoms with Crippen LogP contribution >= 0.6 is 0 Å². The predicted octanol–water partition coefficient (Wildman–Crippen LogP) is 3.44. The van der Waals surface area contributed by atoms with Crippen molar-refractivity contribution in [3.05, 3.63) is 65.6 Å². The second-order valence-electron chi connectivity index (χ2n) is 8.06. The number of hydrogen-bond acceptors (Lipinski definition) is 4. The molecule has 0 N–H and O–H groups in total. The summed E-state index contributed by atoms with van der Waals surface area (Å²) in [6.45, 7) is 4.63. The maximum Gasteiger partial charge on any atom is 0.246 e. The smallest absolute Gasteiger partial charge is 0.246 e. The van der Waals surface area contributed by atoms with Crippen molar-refractivity contribution >= 4 is 17.5 Å². The zero-order valence-electron chi connectivity index (χ0n) is 19.0. The third kappa shape index (κ3) is 4.74. The first-order chi connectivity index (χ1) is 15.9. The number of benzene rings is 2. The lowest BCUT2D eigenvalue weighted by molar-refractivity contribution is -0.137. The highest BCUT2D eigenvalue weighted by Gasteiger charge is 2.28. The van der Waals surface area contributed by atoms with E-state index in [0.717, 1.165) is 16.9 Å². The fourth-order valence-electron chi connectivity index (χ4n) is 3.99. The third-order valence-electron chi connectivity index (χ3n) is 5.90. The highest BCUT2D eigenvalue weighted by Crippen LogP contribution is 2.24. The van der Waals surface area contributed by atoms with Gasteiger partial charge in [-0.25, -0.2) is 4.39 Å². The fraction of sp³-hybridized carbons (Fsp3) is 0.320. The van der Waals surface area contributed by atoms with Crippen LogP contribution in [0.2, 0.25) is 0 Å². The molecule has 0 bridgehead atoms. The van der Waals surface area contributed by atoms with Crippen molar-refractivity contribution < 1.29 is 18.7 Å². The number of nitrogens with zero attached hydrogens (tertiary/aromatic N) is 4. The summed E-state index contributed by atoms with van der Waals surface area (Å²) >= 11 is 0. The predicted molar refractivity (Wildman–Crippen MR) is 124 cm³/mol. The minimum absolute atomic E-state index is 0.0167. The number of methoxy groups -OCH3 is 1. The van der Waals surface area contributed by atoms with Crippen molar-refractivity contribution in [2.75, 3.05) is 31.6 Å². The van der Waals surface area contributed by atoms with Crippen LogP contribution in [0.1, 0.15) is 18.2 Å². The summed E-state index contributed by atoms with van der Waals surface area (Å²) in [5.41, 5.74) is 3.70. The lowest BCUT2D eigenvalue weighted by atomic mass is 10.1. The SMILES string of the molecule is CCc1cc(-c2ccc(F)c(C)c2)nn1CC(=O)N1CCN(c2cccc(OC)c2)C(=O)C1. The fourth-order valence-corrected chi connectivity index (χ4v) is 3.99. The molecule has 172 valence electrons. The highest BCUT2D eigenvalue weighted by atomic mass is 19.1. The molecule has 7 nitrogen and oxygen atoms in total. The van der Waals surface area contributed by atoms with Gasteiger partial charge in [0.05, 0.1) is 12.8 Å². The molecule has 0 atom stereocenters. The minimum atomic E-state index is -0.262. The zero-order chi connectivity index (χ0) is 23.5. The first-order valence-electron chi connectivity index (χ1n) is 10.9. The van der Waals surface area contributed by atoms with Gasteiger partial charge in [-0.1, -0.05) is 13.0 Å². The standard InChI is InChI=1S/C25H27FN4O3/c1-4-19-14-23(18-8-9-22(26)17(2)12-18)27-30(19)16-24(31)28-10-11-29(25(32)15-28)20-6-5-7-21(13-20)33-3/h5-9,12-14H,4,10-11,15-16H2,1-3H3. The third-order valence-corrected chi connectivity index (χ3v) is 5.90. The Labute approximate surface area is 192 Å². The molecule has 2 aromatic carbocycles. The molecule has 0 aliphatic carbocycles. The van der Waals surface area contributed by atoms with Crippen molar-refractivity contribution in [1.29, 1.82) is 0 Å². The monoisotopic (exact) mass is 450 g/mol. The van der Waals surface area contributed by atoms with E-state index in [4.69, 9.17) is 4.74 Å². The molecule has 0 radical (unpaired) electrons. The van der Waals surface area contributed by atoms with Crippen LogP contribution in [0.25, 0.3) is 11.3 Å². The Bertz CT molecular complexity index is 1190. The van der Waals surface area contributed by atoms with Crippen LogP contribution in [0, 0.1) is 12.7 Å². The molecular weight excluding hydrogens is 423 g/mol. The molecule has 4 rings (SSSR count). The van der Waals surface area contributed by atoms with E-state index in [2.05, 4.69) is 5.10 Å². The van der Waals surface area contributed by atoms with E-state index in [9.17, 15) is 14.0 Å². The molecule has 1 aliphatic heterocycles. The highest BCUT2D eigenvalue weighted by molar-refractivity contribution is 5.98. The molecule has 0 saturated carbocycles. The molecule has 0 unspecified atom stereocenters. The van der Waals surface area contributed by atoms with Crippen LogP contribution in [0.15, 0.2) is 48.5 Å². The summed E-state index contributed by atoms with van der Waals surface area (Å²) in [6.07, 6.45) is 0.697. The number of rotatable bonds is 6. The van der Waals surface area contributed by atoms with E-state index in [1.54, 1.807) is 40.6 Å². The van der Waals surface area contributed by atoms with Gasteiger partial charge >= 0.3 is 0 Å². The number of halogens is 1. The van der Waals surface area contributed by atoms with Gasteiger partial charge in [-0.2, -0.15) is 5.10 Å². The van der Waals surface area contributed by atoms with Crippen molar-refractivity contribution in [3.8, 4) is 17.0 Å². The van der Waals surface area contributed by atoms with Crippen molar-refractivity contribution in [2.45, 2.75) is 26.8 Å². The van der Waals surface area contributed by atoms with Crippen LogP contribution in [0.4, 0.5) is 10.1 Å². The largest absolute Gasteiger partial charge is 0.497 e. The topological polar surface area (TPSA) is 67.7 Å². The maximum atomic E-state index is 13.6. The molecule has 1 fully saturated rings. The Kier molecular flexibility index (Phi) is 6.44. The van der Waals surface area contributed by atoms with Crippen LogP contribution in [-0.2, 0) is 22.6 Å². The number of amides is 2. The summed E-state index contributed by atoms with van der Waals surface area (Å²) in [5.74, 6) is 0.119. The number of anilines is 1. The zero-order valence-corrected chi connectivity index (χ0v) is 19.0. The number of piperazine rings is 1. The molecule has 2 amide bonds. The molecule has 2 heterocycles. The van der Waals surface area contributed by atoms with Gasteiger partial charge in [0.25, 0.3) is 0 Å². The first-order valence-corrected chi connectivity index (χ1v) is 10.9. The van der Waals surface area contributed by atoms with E-state index >= 15 is 0 Å². The molecule has 8 heteroatoms. The molecule has 3 aromatic rings. The lowest BCUT2D eigenvalue weighted by Gasteiger charge is -2.34. The molecule has 1 saturated heterocycles. The van der Waals surface area contributed by atoms with Crippen molar-refractivity contribution in [2.24, 2.45) is 0 Å². The van der Waals surface area contributed by atoms with Gasteiger partial charge in [-0.05, 0) is 55.3 Å². The second-order valence-corrected chi connectivity index (χ2v) is 8.06. The summed E-state index contributed by atoms with van der Waals surface area (Å²) < 4.78 is 20.6. The van der Waals surface area contributed by atoms with Crippen LogP contribution in [0.5, 0.6) is 5.75 Å². The van der Waals surface area contributed by atoms with Gasteiger partial charge < -0.3 is 14.5 Å². The average Bonchev–Trinajstić information content (AvgIpc) is 3.23. The number of carbonyl (C=O) groups is 2. The van der Waals surface area contributed by atoms with Crippen LogP contribution < -0.4 is 9.64 Å². The molecule has 0 spiro atoms. The normalized spacial score (nSPS) is 14.0. The van der Waals surface area contributed by atoms with E-state index in [0.29, 0.717) is 36.5 Å². The number of aryl methyl sites for hydroxylation is 2. The number of ether oxygens (including phenoxy) is 1. The summed E-state index contributed by atoms with van der Waals surface area (Å²) in [5, 5.41) is 4.60. The Morgan fingerprint density at radius 1 is 1.15 bits per heavy atom. The summed E-state index contributed by atoms with van der Waals surface area (Å²) in [6, 6.07) is 14.1. The molecule has 1 aromatic heterocycles. The van der Waals surface area contributed by atoms with Crippen LogP contribution in [-0.4, -0.2) is 53.2 Å². The second kappa shape index (κ2) is 9.44. The van der Waals surface area contributed by atoms with E-state index < -0.39 is 0 Å². The van der Waals surface area contributed by atoms with Gasteiger partial charge in [0.2, 0.25) is 11.8 Å². The Hall–Kier alpha value is -3.68. The maximum absolute atomic E-state index is 13.6. The molecule has 1 aliphatic rings. The minimum Gasteiger partial charge on any atom is -0.497 e. The Morgan fingerprint density at radius 2 is 1.97 bits per heavy atom. The van der Waals surface area contributed by atoms with Crippen LogP contribution in [0.3, 0.4) is 0 Å². The number of aromatic nitrogens is 2. The summed E-state index contributed by atoms with van der Waals surface area (Å²) in [4.78, 5) is 29.0. The van der Waals surface area contributed by atoms with E-state index in [-0.39, 0.29) is 30.7 Å². The quantitative estimate of drug-likeness (QED) is 0.577. The van der Waals surface area contributed by atoms with E-state index in [1.165, 1.54) is 6.07 Å². The van der Waals surface area contributed by atoms with E-state index in [1.807, 2.05) is 37.3 Å².